The molecule has 0 saturated heterocycles. The van der Waals surface area contributed by atoms with Gasteiger partial charge in [0.25, 0.3) is 5.91 Å². The number of alkyl halides is 3. The molecular weight excluding hydrogens is 476 g/mol. The van der Waals surface area contributed by atoms with Gasteiger partial charge in [0.2, 0.25) is 0 Å². The summed E-state index contributed by atoms with van der Waals surface area (Å²) >= 11 is 0. The van der Waals surface area contributed by atoms with Gasteiger partial charge >= 0.3 is 6.18 Å². The highest BCUT2D eigenvalue weighted by Crippen LogP contribution is 2.35. The molecule has 1 unspecified atom stereocenters. The smallest absolute Gasteiger partial charge is 0.301 e. The molecule has 7 nitrogen and oxygen atoms in total. The molecule has 0 radical (unpaired) electrons. The van der Waals surface area contributed by atoms with Gasteiger partial charge in [-0.15, -0.1) is 5.10 Å². The van der Waals surface area contributed by atoms with E-state index in [0.29, 0.717) is 17.0 Å². The van der Waals surface area contributed by atoms with Crippen molar-refractivity contribution in [2.24, 2.45) is 7.05 Å². The van der Waals surface area contributed by atoms with Crippen LogP contribution in [-0.4, -0.2) is 43.4 Å². The normalized spacial score (nSPS) is 16.2. The van der Waals surface area contributed by atoms with Gasteiger partial charge in [-0.2, -0.15) is 18.3 Å². The molecule has 2 aromatic carbocycles. The quantitative estimate of drug-likeness (QED) is 0.380. The number of rotatable bonds is 5. The Morgan fingerprint density at radius 3 is 2.56 bits per heavy atom. The lowest BCUT2D eigenvalue weighted by molar-refractivity contribution is -0.134. The zero-order valence-electron chi connectivity index (χ0n) is 19.3. The molecular formula is C25H22F4N6O. The molecule has 36 heavy (non-hydrogen) atoms. The number of benzene rings is 2. The number of carbonyl (C=O) groups is 1. The van der Waals surface area contributed by atoms with E-state index >= 15 is 0 Å². The van der Waals surface area contributed by atoms with Crippen LogP contribution in [-0.2, 0) is 24.7 Å². The fraction of sp³-hybridized carbons (Fsp3) is 0.280. The SMILES string of the molecule is Cn1nccc1Cc1ccc(-c2cn(C3CCc4c(F)cccc4N(CC(F)(F)F)C3=O)nn2)cc1. The third-order valence-electron chi connectivity index (χ3n) is 6.33. The molecule has 3 heterocycles. The lowest BCUT2D eigenvalue weighted by Gasteiger charge is -2.26. The maximum atomic E-state index is 14.5. The number of amides is 1. The fourth-order valence-electron chi connectivity index (χ4n) is 4.48. The van der Waals surface area contributed by atoms with Crippen molar-refractivity contribution in [2.75, 3.05) is 11.4 Å². The van der Waals surface area contributed by atoms with Crippen LogP contribution in [0.5, 0.6) is 0 Å². The van der Waals surface area contributed by atoms with Crippen molar-refractivity contribution in [1.29, 1.82) is 0 Å². The molecule has 186 valence electrons. The van der Waals surface area contributed by atoms with Crippen molar-refractivity contribution in [1.82, 2.24) is 24.8 Å². The second-order valence-electron chi connectivity index (χ2n) is 8.74. The third-order valence-corrected chi connectivity index (χ3v) is 6.33. The molecule has 1 aliphatic heterocycles. The van der Waals surface area contributed by atoms with Crippen LogP contribution in [0.25, 0.3) is 11.3 Å². The monoisotopic (exact) mass is 498 g/mol. The van der Waals surface area contributed by atoms with Crippen LogP contribution in [0.1, 0.15) is 29.3 Å². The Kier molecular flexibility index (Phi) is 6.07. The van der Waals surface area contributed by atoms with Gasteiger partial charge in [-0.05, 0) is 36.6 Å². The number of anilines is 1. The fourth-order valence-corrected chi connectivity index (χ4v) is 4.48. The molecule has 1 atom stereocenters. The van der Waals surface area contributed by atoms with E-state index in [-0.39, 0.29) is 24.1 Å². The average molecular weight is 498 g/mol. The lowest BCUT2D eigenvalue weighted by atomic mass is 10.0. The molecule has 5 rings (SSSR count). The zero-order valence-corrected chi connectivity index (χ0v) is 19.3. The molecule has 1 aliphatic rings. The van der Waals surface area contributed by atoms with Gasteiger partial charge in [0.15, 0.2) is 0 Å². The van der Waals surface area contributed by atoms with Crippen molar-refractivity contribution in [2.45, 2.75) is 31.5 Å². The molecule has 0 spiro atoms. The number of hydrogen-bond donors (Lipinski definition) is 0. The van der Waals surface area contributed by atoms with Gasteiger partial charge in [0, 0.05) is 36.5 Å². The number of carbonyl (C=O) groups excluding carboxylic acids is 1. The summed E-state index contributed by atoms with van der Waals surface area (Å²) in [5, 5.41) is 12.4. The van der Waals surface area contributed by atoms with Crippen molar-refractivity contribution in [3.8, 4) is 11.3 Å². The second-order valence-corrected chi connectivity index (χ2v) is 8.74. The topological polar surface area (TPSA) is 68.8 Å². The Morgan fingerprint density at radius 1 is 1.08 bits per heavy atom. The number of hydrogen-bond acceptors (Lipinski definition) is 4. The van der Waals surface area contributed by atoms with E-state index in [2.05, 4.69) is 15.4 Å². The number of aryl methyl sites for hydroxylation is 1. The summed E-state index contributed by atoms with van der Waals surface area (Å²) in [7, 11) is 1.87. The molecule has 0 saturated carbocycles. The van der Waals surface area contributed by atoms with Crippen LogP contribution in [0.4, 0.5) is 23.2 Å². The summed E-state index contributed by atoms with van der Waals surface area (Å²) < 4.78 is 57.6. The van der Waals surface area contributed by atoms with Crippen LogP contribution in [0.2, 0.25) is 0 Å². The number of fused-ring (bicyclic) bond motifs is 1. The van der Waals surface area contributed by atoms with Crippen molar-refractivity contribution < 1.29 is 22.4 Å². The van der Waals surface area contributed by atoms with Gasteiger partial charge < -0.3 is 4.90 Å². The first-order valence-electron chi connectivity index (χ1n) is 11.3. The van der Waals surface area contributed by atoms with E-state index in [4.69, 9.17) is 0 Å². The lowest BCUT2D eigenvalue weighted by Crippen LogP contribution is -2.42. The van der Waals surface area contributed by atoms with E-state index in [1.807, 2.05) is 37.4 Å². The highest BCUT2D eigenvalue weighted by Gasteiger charge is 2.40. The van der Waals surface area contributed by atoms with E-state index in [9.17, 15) is 22.4 Å². The Labute approximate surface area is 204 Å². The van der Waals surface area contributed by atoms with Crippen molar-refractivity contribution in [3.05, 3.63) is 83.6 Å². The third kappa shape index (κ3) is 4.73. The summed E-state index contributed by atoms with van der Waals surface area (Å²) in [6, 6.07) is 12.3. The van der Waals surface area contributed by atoms with Gasteiger partial charge in [-0.25, -0.2) is 9.07 Å². The Hall–Kier alpha value is -4.02. The minimum absolute atomic E-state index is 0.0656. The Balaban J connectivity index is 1.40. The number of halogens is 4. The van der Waals surface area contributed by atoms with Gasteiger partial charge in [-0.1, -0.05) is 35.5 Å². The highest BCUT2D eigenvalue weighted by molar-refractivity contribution is 5.97. The summed E-state index contributed by atoms with van der Waals surface area (Å²) in [5.41, 5.74) is 3.37. The predicted octanol–water partition coefficient (Wildman–Crippen LogP) is 4.49. The second kappa shape index (κ2) is 9.21. The van der Waals surface area contributed by atoms with Crippen LogP contribution in [0.15, 0.2) is 60.9 Å². The molecule has 0 bridgehead atoms. The standard InChI is InChI=1S/C25H22F4N6O/c1-33-18(11-12-30-33)13-16-5-7-17(8-6-16)21-14-35(32-31-21)23-10-9-19-20(26)3-2-4-22(19)34(24(23)36)15-25(27,28)29/h2-8,11-12,14,23H,9-10,13,15H2,1H3. The predicted molar refractivity (Wildman–Crippen MR) is 124 cm³/mol. The Bertz CT molecular complexity index is 1390. The first-order valence-corrected chi connectivity index (χ1v) is 11.3. The largest absolute Gasteiger partial charge is 0.406 e. The van der Waals surface area contributed by atoms with Crippen molar-refractivity contribution >= 4 is 11.6 Å². The molecule has 1 amide bonds. The van der Waals surface area contributed by atoms with Crippen LogP contribution in [0.3, 0.4) is 0 Å². The van der Waals surface area contributed by atoms with E-state index in [1.54, 1.807) is 10.9 Å². The van der Waals surface area contributed by atoms with Crippen LogP contribution < -0.4 is 4.90 Å². The van der Waals surface area contributed by atoms with Crippen molar-refractivity contribution in [3.63, 3.8) is 0 Å². The van der Waals surface area contributed by atoms with E-state index < -0.39 is 30.5 Å². The summed E-state index contributed by atoms with van der Waals surface area (Å²) in [5.74, 6) is -1.45. The van der Waals surface area contributed by atoms with E-state index in [1.165, 1.54) is 29.1 Å². The first-order chi connectivity index (χ1) is 17.2. The number of nitrogens with zero attached hydrogens (tertiary/aromatic N) is 6. The van der Waals surface area contributed by atoms with Crippen LogP contribution >= 0.6 is 0 Å². The summed E-state index contributed by atoms with van der Waals surface area (Å²) in [6.45, 7) is -1.52. The Morgan fingerprint density at radius 2 is 1.86 bits per heavy atom. The minimum atomic E-state index is -4.65. The maximum Gasteiger partial charge on any atom is 0.406 e. The molecule has 0 aliphatic carbocycles. The minimum Gasteiger partial charge on any atom is -0.301 e. The maximum absolute atomic E-state index is 14.5. The van der Waals surface area contributed by atoms with Gasteiger partial charge in [0.1, 0.15) is 24.1 Å². The highest BCUT2D eigenvalue weighted by atomic mass is 19.4. The summed E-state index contributed by atoms with van der Waals surface area (Å²) in [4.78, 5) is 13.9. The van der Waals surface area contributed by atoms with E-state index in [0.717, 1.165) is 16.8 Å². The first kappa shape index (κ1) is 23.7. The summed E-state index contributed by atoms with van der Waals surface area (Å²) in [6.07, 6.45) is -0.500. The van der Waals surface area contributed by atoms with Crippen LogP contribution in [0, 0.1) is 5.82 Å². The average Bonchev–Trinajstić information content (AvgIpc) is 3.45. The van der Waals surface area contributed by atoms with Gasteiger partial charge in [0.05, 0.1) is 11.9 Å². The molecule has 4 aromatic rings. The number of aromatic nitrogens is 5. The van der Waals surface area contributed by atoms with Gasteiger partial charge in [-0.3, -0.25) is 9.48 Å². The zero-order chi connectivity index (χ0) is 25.4. The molecule has 0 fully saturated rings. The molecule has 2 aromatic heterocycles. The molecule has 11 heteroatoms. The molecule has 0 N–H and O–H groups in total.